The SMILES string of the molecule is Cc1ccc([C@H]2C[C@@H](n3cc(-c4ccc(F)cc4)nn3)[C@H](O)CN2C(=O)C2CCCCC2)cc1. The summed E-state index contributed by atoms with van der Waals surface area (Å²) in [5.41, 5.74) is 3.63. The van der Waals surface area contributed by atoms with Crippen molar-refractivity contribution < 1.29 is 14.3 Å². The molecule has 1 saturated carbocycles. The van der Waals surface area contributed by atoms with E-state index in [1.165, 1.54) is 24.1 Å². The topological polar surface area (TPSA) is 71.2 Å². The second kappa shape index (κ2) is 9.66. The molecule has 34 heavy (non-hydrogen) atoms. The fraction of sp³-hybridized carbons (Fsp3) is 0.444. The summed E-state index contributed by atoms with van der Waals surface area (Å²) in [6.07, 6.45) is 6.83. The number of aryl methyl sites for hydroxylation is 1. The predicted octanol–water partition coefficient (Wildman–Crippen LogP) is 4.85. The maximum Gasteiger partial charge on any atom is 0.226 e. The first-order valence-electron chi connectivity index (χ1n) is 12.2. The van der Waals surface area contributed by atoms with E-state index in [1.54, 1.807) is 23.0 Å². The van der Waals surface area contributed by atoms with Crippen molar-refractivity contribution in [2.24, 2.45) is 5.92 Å². The monoisotopic (exact) mass is 462 g/mol. The number of halogens is 1. The van der Waals surface area contributed by atoms with Crippen molar-refractivity contribution in [3.05, 3.63) is 71.7 Å². The Kier molecular flexibility index (Phi) is 6.46. The van der Waals surface area contributed by atoms with Gasteiger partial charge in [-0.15, -0.1) is 5.10 Å². The van der Waals surface area contributed by atoms with Crippen LogP contribution in [0.3, 0.4) is 0 Å². The summed E-state index contributed by atoms with van der Waals surface area (Å²) in [6.45, 7) is 2.32. The highest BCUT2D eigenvalue weighted by Crippen LogP contribution is 2.39. The summed E-state index contributed by atoms with van der Waals surface area (Å²) in [5, 5.41) is 19.7. The third-order valence-electron chi connectivity index (χ3n) is 7.36. The van der Waals surface area contributed by atoms with Gasteiger partial charge >= 0.3 is 0 Å². The van der Waals surface area contributed by atoms with Gasteiger partial charge in [-0.05, 0) is 56.0 Å². The third kappa shape index (κ3) is 4.62. The first-order valence-corrected chi connectivity index (χ1v) is 12.2. The number of aromatic nitrogens is 3. The molecular weight excluding hydrogens is 431 g/mol. The van der Waals surface area contributed by atoms with Crippen LogP contribution in [0, 0.1) is 18.7 Å². The minimum absolute atomic E-state index is 0.0434. The second-order valence-corrected chi connectivity index (χ2v) is 9.71. The van der Waals surface area contributed by atoms with Gasteiger partial charge in [0.25, 0.3) is 0 Å². The lowest BCUT2D eigenvalue weighted by molar-refractivity contribution is -0.145. The summed E-state index contributed by atoms with van der Waals surface area (Å²) in [7, 11) is 0. The highest BCUT2D eigenvalue weighted by Gasteiger charge is 2.41. The van der Waals surface area contributed by atoms with E-state index in [1.807, 2.05) is 4.90 Å². The molecule has 6 nitrogen and oxygen atoms in total. The number of hydrogen-bond acceptors (Lipinski definition) is 4. The number of nitrogens with zero attached hydrogens (tertiary/aromatic N) is 4. The maximum absolute atomic E-state index is 13.6. The number of benzene rings is 2. The van der Waals surface area contributed by atoms with Gasteiger partial charge in [0, 0.05) is 18.0 Å². The quantitative estimate of drug-likeness (QED) is 0.602. The number of carbonyl (C=O) groups excluding carboxylic acids is 1. The summed E-state index contributed by atoms with van der Waals surface area (Å²) in [4.78, 5) is 15.5. The van der Waals surface area contributed by atoms with E-state index in [0.717, 1.165) is 36.8 Å². The molecule has 2 aliphatic rings. The Balaban J connectivity index is 1.43. The van der Waals surface area contributed by atoms with Gasteiger partial charge in [-0.3, -0.25) is 4.79 Å². The minimum Gasteiger partial charge on any atom is -0.389 e. The van der Waals surface area contributed by atoms with E-state index in [0.29, 0.717) is 12.1 Å². The van der Waals surface area contributed by atoms with Crippen LogP contribution < -0.4 is 0 Å². The highest BCUT2D eigenvalue weighted by atomic mass is 19.1. The smallest absolute Gasteiger partial charge is 0.226 e. The number of amides is 1. The molecule has 1 aliphatic carbocycles. The Labute approximate surface area is 199 Å². The lowest BCUT2D eigenvalue weighted by atomic mass is 9.84. The number of piperidine rings is 1. The molecule has 3 atom stereocenters. The van der Waals surface area contributed by atoms with Crippen LogP contribution in [0.15, 0.2) is 54.7 Å². The van der Waals surface area contributed by atoms with Gasteiger partial charge in [-0.1, -0.05) is 54.3 Å². The molecule has 1 saturated heterocycles. The van der Waals surface area contributed by atoms with Crippen molar-refractivity contribution in [3.63, 3.8) is 0 Å². The van der Waals surface area contributed by atoms with Gasteiger partial charge in [0.15, 0.2) is 0 Å². The molecule has 0 radical (unpaired) electrons. The van der Waals surface area contributed by atoms with E-state index in [2.05, 4.69) is 41.5 Å². The average molecular weight is 463 g/mol. The van der Waals surface area contributed by atoms with Crippen molar-refractivity contribution in [3.8, 4) is 11.3 Å². The molecule has 3 aromatic rings. The van der Waals surface area contributed by atoms with E-state index >= 15 is 0 Å². The lowest BCUT2D eigenvalue weighted by Gasteiger charge is -2.44. The van der Waals surface area contributed by atoms with Crippen LogP contribution >= 0.6 is 0 Å². The van der Waals surface area contributed by atoms with Crippen molar-refractivity contribution >= 4 is 5.91 Å². The molecule has 2 heterocycles. The molecular formula is C27H31FN4O2. The number of rotatable bonds is 4. The fourth-order valence-electron chi connectivity index (χ4n) is 5.37. The number of carbonyl (C=O) groups is 1. The van der Waals surface area contributed by atoms with Gasteiger partial charge in [-0.2, -0.15) is 0 Å². The van der Waals surface area contributed by atoms with Crippen molar-refractivity contribution in [1.82, 2.24) is 19.9 Å². The number of β-amino-alcohol motifs (C(OH)–C–C–N with tert-alkyl or cyclic N) is 1. The minimum atomic E-state index is -0.753. The predicted molar refractivity (Wildman–Crippen MR) is 127 cm³/mol. The maximum atomic E-state index is 13.6. The Morgan fingerprint density at radius 3 is 2.44 bits per heavy atom. The van der Waals surface area contributed by atoms with E-state index in [4.69, 9.17) is 0 Å². The Hall–Kier alpha value is -3.06. The molecule has 5 rings (SSSR count). The third-order valence-corrected chi connectivity index (χ3v) is 7.36. The molecule has 0 unspecified atom stereocenters. The van der Waals surface area contributed by atoms with Crippen molar-refractivity contribution in [1.29, 1.82) is 0 Å². The molecule has 1 N–H and O–H groups in total. The average Bonchev–Trinajstić information content (AvgIpc) is 3.35. The van der Waals surface area contributed by atoms with Crippen LogP contribution in [0.2, 0.25) is 0 Å². The summed E-state index contributed by atoms with van der Waals surface area (Å²) >= 11 is 0. The fourth-order valence-corrected chi connectivity index (χ4v) is 5.37. The largest absolute Gasteiger partial charge is 0.389 e. The standard InChI is InChI=1S/C27H31FN4O2/c1-18-7-9-20(10-8-18)24-15-25(26(33)17-31(24)27(34)21-5-3-2-4-6-21)32-16-23(29-30-32)19-11-13-22(28)14-12-19/h7-14,16,21,24-26,33H,2-6,15,17H2,1H3/t24-,25-,26-/m1/s1. The molecule has 2 fully saturated rings. The Bertz CT molecular complexity index is 1120. The number of likely N-dealkylation sites (tertiary alicyclic amines) is 1. The van der Waals surface area contributed by atoms with Gasteiger partial charge in [-0.25, -0.2) is 9.07 Å². The summed E-state index contributed by atoms with van der Waals surface area (Å²) in [5.74, 6) is -0.0993. The molecule has 1 amide bonds. The van der Waals surface area contributed by atoms with Crippen LogP contribution in [0.5, 0.6) is 0 Å². The number of aliphatic hydroxyl groups is 1. The summed E-state index contributed by atoms with van der Waals surface area (Å²) < 4.78 is 15.0. The van der Waals surface area contributed by atoms with E-state index < -0.39 is 6.10 Å². The molecule has 2 aromatic carbocycles. The molecule has 1 aromatic heterocycles. The van der Waals surface area contributed by atoms with E-state index in [9.17, 15) is 14.3 Å². The summed E-state index contributed by atoms with van der Waals surface area (Å²) in [6, 6.07) is 14.0. The van der Waals surface area contributed by atoms with Gasteiger partial charge in [0.05, 0.1) is 24.4 Å². The van der Waals surface area contributed by atoms with Crippen LogP contribution in [-0.2, 0) is 4.79 Å². The molecule has 7 heteroatoms. The lowest BCUT2D eigenvalue weighted by Crippen LogP contribution is -2.51. The molecule has 0 spiro atoms. The normalized spacial score (nSPS) is 23.7. The zero-order valence-electron chi connectivity index (χ0n) is 19.5. The number of aliphatic hydroxyl groups excluding tert-OH is 1. The van der Waals surface area contributed by atoms with Gasteiger partial charge < -0.3 is 10.0 Å². The van der Waals surface area contributed by atoms with Gasteiger partial charge in [0.2, 0.25) is 5.91 Å². The van der Waals surface area contributed by atoms with Crippen molar-refractivity contribution in [2.75, 3.05) is 6.54 Å². The van der Waals surface area contributed by atoms with E-state index in [-0.39, 0.29) is 36.3 Å². The molecule has 0 bridgehead atoms. The van der Waals surface area contributed by atoms with Gasteiger partial charge in [0.1, 0.15) is 11.5 Å². The Morgan fingerprint density at radius 2 is 1.74 bits per heavy atom. The zero-order chi connectivity index (χ0) is 23.7. The first-order chi connectivity index (χ1) is 16.5. The van der Waals surface area contributed by atoms with Crippen LogP contribution in [-0.4, -0.2) is 43.6 Å². The van der Waals surface area contributed by atoms with Crippen LogP contribution in [0.4, 0.5) is 4.39 Å². The number of hydrogen-bond donors (Lipinski definition) is 1. The van der Waals surface area contributed by atoms with Crippen molar-refractivity contribution in [2.45, 2.75) is 63.6 Å². The Morgan fingerprint density at radius 1 is 1.03 bits per heavy atom. The van der Waals surface area contributed by atoms with Crippen LogP contribution in [0.25, 0.3) is 11.3 Å². The first kappa shape index (κ1) is 22.7. The molecule has 1 aliphatic heterocycles. The zero-order valence-corrected chi connectivity index (χ0v) is 19.5. The van der Waals surface area contributed by atoms with Crippen LogP contribution in [0.1, 0.15) is 61.7 Å². The highest BCUT2D eigenvalue weighted by molar-refractivity contribution is 5.79. The molecule has 178 valence electrons. The second-order valence-electron chi connectivity index (χ2n) is 9.71.